The summed E-state index contributed by atoms with van der Waals surface area (Å²) in [7, 11) is 0. The van der Waals surface area contributed by atoms with Gasteiger partial charge in [-0.1, -0.05) is 13.3 Å². The predicted octanol–water partition coefficient (Wildman–Crippen LogP) is 2.89. The first-order valence-corrected chi connectivity index (χ1v) is 7.36. The van der Waals surface area contributed by atoms with E-state index in [0.29, 0.717) is 12.5 Å². The monoisotopic (exact) mass is 269 g/mol. The van der Waals surface area contributed by atoms with Crippen LogP contribution in [0, 0.1) is 19.8 Å². The molecule has 1 rings (SSSR count). The second-order valence-corrected chi connectivity index (χ2v) is 6.16. The Hall–Kier alpha value is -0.870. The summed E-state index contributed by atoms with van der Waals surface area (Å²) in [5, 5.41) is 12.0. The van der Waals surface area contributed by atoms with Crippen molar-refractivity contribution in [3.63, 3.8) is 0 Å². The van der Waals surface area contributed by atoms with Crippen LogP contribution >= 0.6 is 11.3 Å². The summed E-state index contributed by atoms with van der Waals surface area (Å²) >= 11 is 1.65. The van der Waals surface area contributed by atoms with E-state index in [1.54, 1.807) is 11.3 Å². The van der Waals surface area contributed by atoms with Gasteiger partial charge in [-0.2, -0.15) is 0 Å². The van der Waals surface area contributed by atoms with Gasteiger partial charge >= 0.3 is 0 Å². The van der Waals surface area contributed by atoms with Gasteiger partial charge in [0, 0.05) is 22.9 Å². The van der Waals surface area contributed by atoms with Crippen LogP contribution in [0.4, 0.5) is 0 Å². The molecular formula is C14H23NO2S. The van der Waals surface area contributed by atoms with Gasteiger partial charge in [-0.15, -0.1) is 11.3 Å². The normalized spacial score (nSPS) is 12.4. The van der Waals surface area contributed by atoms with Gasteiger partial charge in [-0.3, -0.25) is 4.79 Å². The maximum Gasteiger partial charge on any atom is 0.252 e. The lowest BCUT2D eigenvalue weighted by atomic mass is 10.00. The highest BCUT2D eigenvalue weighted by Crippen LogP contribution is 2.20. The molecule has 0 saturated carbocycles. The molecule has 4 heteroatoms. The molecule has 0 aromatic carbocycles. The van der Waals surface area contributed by atoms with Crippen molar-refractivity contribution >= 4 is 17.2 Å². The Morgan fingerprint density at radius 3 is 2.67 bits per heavy atom. The van der Waals surface area contributed by atoms with Crippen LogP contribution in [0.5, 0.6) is 0 Å². The van der Waals surface area contributed by atoms with Gasteiger partial charge in [-0.05, 0) is 38.7 Å². The molecule has 2 N–H and O–H groups in total. The number of aliphatic hydroxyl groups excluding tert-OH is 1. The number of amides is 1. The van der Waals surface area contributed by atoms with Gasteiger partial charge in [-0.25, -0.2) is 0 Å². The molecule has 1 aromatic heterocycles. The number of hydrogen-bond acceptors (Lipinski definition) is 3. The van der Waals surface area contributed by atoms with E-state index in [-0.39, 0.29) is 12.5 Å². The lowest BCUT2D eigenvalue weighted by Gasteiger charge is -2.15. The van der Waals surface area contributed by atoms with Crippen LogP contribution in [0.2, 0.25) is 0 Å². The van der Waals surface area contributed by atoms with Gasteiger partial charge in [0.2, 0.25) is 0 Å². The molecule has 0 aliphatic carbocycles. The molecular weight excluding hydrogens is 246 g/mol. The smallest absolute Gasteiger partial charge is 0.252 e. The largest absolute Gasteiger partial charge is 0.396 e. The maximum absolute atomic E-state index is 12.0. The summed E-state index contributed by atoms with van der Waals surface area (Å²) < 4.78 is 0. The van der Waals surface area contributed by atoms with Gasteiger partial charge in [0.1, 0.15) is 0 Å². The Balaban J connectivity index is 2.51. The average molecular weight is 269 g/mol. The van der Waals surface area contributed by atoms with Crippen LogP contribution < -0.4 is 5.32 Å². The van der Waals surface area contributed by atoms with Crippen molar-refractivity contribution in [1.82, 2.24) is 5.32 Å². The quantitative estimate of drug-likeness (QED) is 0.799. The zero-order chi connectivity index (χ0) is 13.5. The molecule has 0 bridgehead atoms. The van der Waals surface area contributed by atoms with Crippen LogP contribution in [0.25, 0.3) is 0 Å². The highest BCUT2D eigenvalue weighted by molar-refractivity contribution is 7.12. The Morgan fingerprint density at radius 2 is 2.17 bits per heavy atom. The molecule has 0 aliphatic heterocycles. The number of carbonyl (C=O) groups is 1. The first-order chi connectivity index (χ1) is 8.58. The number of carbonyl (C=O) groups excluding carboxylic acids is 1. The predicted molar refractivity (Wildman–Crippen MR) is 76.2 cm³/mol. The van der Waals surface area contributed by atoms with Gasteiger partial charge in [0.15, 0.2) is 0 Å². The molecule has 1 unspecified atom stereocenters. The number of thiophene rings is 1. The highest BCUT2D eigenvalue weighted by atomic mass is 32.1. The summed E-state index contributed by atoms with van der Waals surface area (Å²) in [5.41, 5.74) is 0.789. The minimum absolute atomic E-state index is 0.0101. The van der Waals surface area contributed by atoms with Gasteiger partial charge in [0.25, 0.3) is 5.91 Å². The molecule has 0 fully saturated rings. The van der Waals surface area contributed by atoms with E-state index in [1.165, 1.54) is 0 Å². The SMILES string of the molecule is CCCC(CCO)CNC(=O)c1cc(C)sc1C. The molecule has 1 atom stereocenters. The summed E-state index contributed by atoms with van der Waals surface area (Å²) in [6.45, 7) is 6.96. The topological polar surface area (TPSA) is 49.3 Å². The molecule has 3 nitrogen and oxygen atoms in total. The Morgan fingerprint density at radius 1 is 1.44 bits per heavy atom. The zero-order valence-electron chi connectivity index (χ0n) is 11.5. The zero-order valence-corrected chi connectivity index (χ0v) is 12.3. The van der Waals surface area contributed by atoms with E-state index >= 15 is 0 Å². The van der Waals surface area contributed by atoms with Crippen molar-refractivity contribution in [2.24, 2.45) is 5.92 Å². The third-order valence-electron chi connectivity index (χ3n) is 3.07. The average Bonchev–Trinajstić information content (AvgIpc) is 2.65. The summed E-state index contributed by atoms with van der Waals surface area (Å²) in [5.74, 6) is 0.389. The van der Waals surface area contributed by atoms with Crippen LogP contribution in [0.15, 0.2) is 6.07 Å². The molecule has 0 saturated heterocycles. The van der Waals surface area contributed by atoms with E-state index < -0.39 is 0 Å². The van der Waals surface area contributed by atoms with E-state index in [0.717, 1.165) is 34.6 Å². The molecule has 18 heavy (non-hydrogen) atoms. The first kappa shape index (κ1) is 15.2. The number of rotatable bonds is 7. The fourth-order valence-corrected chi connectivity index (χ4v) is 3.05. The Labute approximate surface area is 113 Å². The van der Waals surface area contributed by atoms with E-state index in [2.05, 4.69) is 12.2 Å². The highest BCUT2D eigenvalue weighted by Gasteiger charge is 2.14. The standard InChI is InChI=1S/C14H23NO2S/c1-4-5-12(6-7-16)9-15-14(17)13-8-10(2)18-11(13)3/h8,12,16H,4-7,9H2,1-3H3,(H,15,17). The first-order valence-electron chi connectivity index (χ1n) is 6.54. The molecule has 1 aromatic rings. The van der Waals surface area contributed by atoms with Crippen LogP contribution in [-0.4, -0.2) is 24.2 Å². The fourth-order valence-electron chi connectivity index (χ4n) is 2.13. The number of nitrogens with one attached hydrogen (secondary N) is 1. The fraction of sp³-hybridized carbons (Fsp3) is 0.643. The number of hydrogen-bond donors (Lipinski definition) is 2. The van der Waals surface area contributed by atoms with E-state index in [9.17, 15) is 4.79 Å². The van der Waals surface area contributed by atoms with E-state index in [1.807, 2.05) is 19.9 Å². The van der Waals surface area contributed by atoms with Crippen LogP contribution in [-0.2, 0) is 0 Å². The Bertz CT molecular complexity index is 381. The third kappa shape index (κ3) is 4.42. The molecule has 0 radical (unpaired) electrons. The van der Waals surface area contributed by atoms with Crippen molar-refractivity contribution in [2.45, 2.75) is 40.0 Å². The third-order valence-corrected chi connectivity index (χ3v) is 4.04. The second kappa shape index (κ2) is 7.54. The minimum Gasteiger partial charge on any atom is -0.396 e. The summed E-state index contributed by atoms with van der Waals surface area (Å²) in [6, 6.07) is 1.94. The maximum atomic E-state index is 12.0. The summed E-state index contributed by atoms with van der Waals surface area (Å²) in [6.07, 6.45) is 2.88. The van der Waals surface area contributed by atoms with Crippen LogP contribution in [0.1, 0.15) is 46.3 Å². The summed E-state index contributed by atoms with van der Waals surface area (Å²) in [4.78, 5) is 14.3. The van der Waals surface area contributed by atoms with Crippen molar-refractivity contribution in [1.29, 1.82) is 0 Å². The number of aliphatic hydroxyl groups is 1. The van der Waals surface area contributed by atoms with Gasteiger partial charge < -0.3 is 10.4 Å². The Kier molecular flexibility index (Phi) is 6.36. The number of aryl methyl sites for hydroxylation is 2. The van der Waals surface area contributed by atoms with Crippen molar-refractivity contribution in [2.75, 3.05) is 13.2 Å². The molecule has 0 spiro atoms. The molecule has 0 aliphatic rings. The van der Waals surface area contributed by atoms with Crippen molar-refractivity contribution in [3.05, 3.63) is 21.4 Å². The van der Waals surface area contributed by atoms with E-state index in [4.69, 9.17) is 5.11 Å². The van der Waals surface area contributed by atoms with Crippen molar-refractivity contribution in [3.8, 4) is 0 Å². The second-order valence-electron chi connectivity index (χ2n) is 4.70. The lowest BCUT2D eigenvalue weighted by Crippen LogP contribution is -2.29. The van der Waals surface area contributed by atoms with Crippen molar-refractivity contribution < 1.29 is 9.90 Å². The van der Waals surface area contributed by atoms with Gasteiger partial charge in [0.05, 0.1) is 5.56 Å². The van der Waals surface area contributed by atoms with Crippen LogP contribution in [0.3, 0.4) is 0 Å². The minimum atomic E-state index is 0.0101. The molecule has 102 valence electrons. The lowest BCUT2D eigenvalue weighted by molar-refractivity contribution is 0.0943. The molecule has 1 amide bonds. The molecule has 1 heterocycles.